The first-order chi connectivity index (χ1) is 7.83. The third kappa shape index (κ3) is 2.38. The molecule has 17 heavy (non-hydrogen) atoms. The summed E-state index contributed by atoms with van der Waals surface area (Å²) in [4.78, 5) is 0. The van der Waals surface area contributed by atoms with Crippen molar-refractivity contribution in [3.05, 3.63) is 0 Å². The molecule has 2 unspecified atom stereocenters. The summed E-state index contributed by atoms with van der Waals surface area (Å²) in [6.45, 7) is 11.7. The highest BCUT2D eigenvalue weighted by Gasteiger charge is 2.58. The third-order valence-electron chi connectivity index (χ3n) is 5.10. The van der Waals surface area contributed by atoms with Gasteiger partial charge in [-0.05, 0) is 31.6 Å². The van der Waals surface area contributed by atoms with E-state index in [1.807, 2.05) is 0 Å². The van der Waals surface area contributed by atoms with Crippen LogP contribution in [0.5, 0.6) is 0 Å². The molecule has 0 aromatic heterocycles. The summed E-state index contributed by atoms with van der Waals surface area (Å²) < 4.78 is 5.74. The van der Waals surface area contributed by atoms with Crippen molar-refractivity contribution < 1.29 is 4.74 Å². The van der Waals surface area contributed by atoms with Crippen LogP contribution in [0.1, 0.15) is 47.0 Å². The number of hydrogen-bond acceptors (Lipinski definition) is 3. The van der Waals surface area contributed by atoms with Crippen molar-refractivity contribution in [3.8, 4) is 0 Å². The van der Waals surface area contributed by atoms with E-state index in [1.54, 1.807) is 0 Å². The molecule has 0 aromatic rings. The van der Waals surface area contributed by atoms with Gasteiger partial charge in [-0.15, -0.1) is 0 Å². The van der Waals surface area contributed by atoms with E-state index in [0.717, 1.165) is 26.1 Å². The van der Waals surface area contributed by atoms with Crippen LogP contribution in [0.3, 0.4) is 0 Å². The molecule has 0 spiro atoms. The van der Waals surface area contributed by atoms with Gasteiger partial charge in [0.25, 0.3) is 0 Å². The molecule has 0 aromatic carbocycles. The normalized spacial score (nSPS) is 37.6. The highest BCUT2D eigenvalue weighted by atomic mass is 16.5. The van der Waals surface area contributed by atoms with E-state index in [0.29, 0.717) is 11.5 Å². The molecule has 2 fully saturated rings. The van der Waals surface area contributed by atoms with E-state index in [2.05, 4.69) is 33.0 Å². The van der Waals surface area contributed by atoms with Crippen molar-refractivity contribution >= 4 is 0 Å². The molecular weight excluding hydrogens is 212 g/mol. The number of nitrogens with two attached hydrogens (primary N) is 1. The molecule has 2 aliphatic carbocycles. The standard InChI is InChI=1S/C14H28N2O/c1-5-17-11-8-14(15,12(11,2)3)10-16-9-13(4)6-7-13/h11,16H,5-10,15H2,1-4H3. The summed E-state index contributed by atoms with van der Waals surface area (Å²) in [5.41, 5.74) is 7.05. The molecule has 2 rings (SSSR count). The van der Waals surface area contributed by atoms with Crippen LogP contribution in [0.15, 0.2) is 0 Å². The molecule has 2 atom stereocenters. The van der Waals surface area contributed by atoms with Crippen molar-refractivity contribution in [1.82, 2.24) is 5.32 Å². The number of hydrogen-bond donors (Lipinski definition) is 2. The molecule has 0 radical (unpaired) electrons. The SMILES string of the molecule is CCOC1CC(N)(CNCC2(C)CC2)C1(C)C. The maximum Gasteiger partial charge on any atom is 0.0662 e. The lowest BCUT2D eigenvalue weighted by Crippen LogP contribution is -2.73. The molecule has 0 bridgehead atoms. The number of nitrogens with one attached hydrogen (secondary N) is 1. The maximum absolute atomic E-state index is 6.51. The van der Waals surface area contributed by atoms with Crippen LogP contribution in [-0.4, -0.2) is 31.3 Å². The van der Waals surface area contributed by atoms with Crippen LogP contribution >= 0.6 is 0 Å². The smallest absolute Gasteiger partial charge is 0.0662 e. The van der Waals surface area contributed by atoms with Gasteiger partial charge >= 0.3 is 0 Å². The highest BCUT2D eigenvalue weighted by Crippen LogP contribution is 2.50. The van der Waals surface area contributed by atoms with Crippen LogP contribution in [0.2, 0.25) is 0 Å². The summed E-state index contributed by atoms with van der Waals surface area (Å²) in [7, 11) is 0. The average molecular weight is 240 g/mol. The lowest BCUT2D eigenvalue weighted by molar-refractivity contribution is -0.148. The second-order valence-corrected chi connectivity index (χ2v) is 6.94. The number of rotatable bonds is 6. The van der Waals surface area contributed by atoms with Gasteiger partial charge in [0.05, 0.1) is 6.10 Å². The first-order valence-corrected chi connectivity index (χ1v) is 6.94. The van der Waals surface area contributed by atoms with Gasteiger partial charge in [-0.2, -0.15) is 0 Å². The van der Waals surface area contributed by atoms with Gasteiger partial charge in [-0.1, -0.05) is 20.8 Å². The molecule has 0 amide bonds. The molecule has 2 saturated carbocycles. The van der Waals surface area contributed by atoms with Gasteiger partial charge in [0.15, 0.2) is 0 Å². The van der Waals surface area contributed by atoms with E-state index < -0.39 is 0 Å². The molecule has 2 aliphatic rings. The Morgan fingerprint density at radius 2 is 1.88 bits per heavy atom. The maximum atomic E-state index is 6.51. The van der Waals surface area contributed by atoms with Crippen molar-refractivity contribution in [2.45, 2.75) is 58.6 Å². The summed E-state index contributed by atoms with van der Waals surface area (Å²) in [5.74, 6) is 0. The van der Waals surface area contributed by atoms with Crippen LogP contribution in [0.4, 0.5) is 0 Å². The molecular formula is C14H28N2O. The van der Waals surface area contributed by atoms with E-state index >= 15 is 0 Å². The first kappa shape index (κ1) is 13.3. The Balaban J connectivity index is 1.79. The minimum atomic E-state index is -0.0991. The third-order valence-corrected chi connectivity index (χ3v) is 5.10. The summed E-state index contributed by atoms with van der Waals surface area (Å²) in [6.07, 6.45) is 4.04. The lowest BCUT2D eigenvalue weighted by Gasteiger charge is -2.59. The van der Waals surface area contributed by atoms with Crippen LogP contribution in [0.25, 0.3) is 0 Å². The van der Waals surface area contributed by atoms with Gasteiger partial charge in [-0.3, -0.25) is 0 Å². The van der Waals surface area contributed by atoms with Gasteiger partial charge in [0.2, 0.25) is 0 Å². The monoisotopic (exact) mass is 240 g/mol. The molecule has 3 heteroatoms. The second kappa shape index (κ2) is 4.22. The quantitative estimate of drug-likeness (QED) is 0.745. The minimum absolute atomic E-state index is 0.0838. The van der Waals surface area contributed by atoms with Crippen molar-refractivity contribution in [2.24, 2.45) is 16.6 Å². The first-order valence-electron chi connectivity index (χ1n) is 6.94. The van der Waals surface area contributed by atoms with E-state index in [1.165, 1.54) is 12.8 Å². The van der Waals surface area contributed by atoms with Crippen molar-refractivity contribution in [2.75, 3.05) is 19.7 Å². The summed E-state index contributed by atoms with van der Waals surface area (Å²) >= 11 is 0. The Hall–Kier alpha value is -0.120. The van der Waals surface area contributed by atoms with Crippen LogP contribution in [-0.2, 0) is 4.74 Å². The van der Waals surface area contributed by atoms with Gasteiger partial charge in [0, 0.05) is 30.7 Å². The van der Waals surface area contributed by atoms with Gasteiger partial charge < -0.3 is 15.8 Å². The molecule has 3 nitrogen and oxygen atoms in total. The largest absolute Gasteiger partial charge is 0.378 e. The Morgan fingerprint density at radius 1 is 1.24 bits per heavy atom. The predicted molar refractivity (Wildman–Crippen MR) is 70.9 cm³/mol. The fourth-order valence-corrected chi connectivity index (χ4v) is 2.78. The minimum Gasteiger partial charge on any atom is -0.378 e. The fourth-order valence-electron chi connectivity index (χ4n) is 2.78. The van der Waals surface area contributed by atoms with E-state index in [9.17, 15) is 0 Å². The topological polar surface area (TPSA) is 47.3 Å². The molecule has 0 heterocycles. The Bertz CT molecular complexity index is 286. The Labute approximate surface area is 105 Å². The summed E-state index contributed by atoms with van der Waals surface area (Å²) in [5, 5.41) is 3.57. The highest BCUT2D eigenvalue weighted by molar-refractivity contribution is 5.14. The Kier molecular flexibility index (Phi) is 3.30. The predicted octanol–water partition coefficient (Wildman–Crippen LogP) is 1.91. The van der Waals surface area contributed by atoms with Crippen molar-refractivity contribution in [1.29, 1.82) is 0 Å². The zero-order valence-electron chi connectivity index (χ0n) is 11.8. The van der Waals surface area contributed by atoms with E-state index in [-0.39, 0.29) is 11.0 Å². The Morgan fingerprint density at radius 3 is 2.35 bits per heavy atom. The average Bonchev–Trinajstić information content (AvgIpc) is 2.96. The van der Waals surface area contributed by atoms with E-state index in [4.69, 9.17) is 10.5 Å². The molecule has 3 N–H and O–H groups in total. The van der Waals surface area contributed by atoms with Crippen LogP contribution < -0.4 is 11.1 Å². The van der Waals surface area contributed by atoms with Gasteiger partial charge in [0.1, 0.15) is 0 Å². The van der Waals surface area contributed by atoms with Crippen molar-refractivity contribution in [3.63, 3.8) is 0 Å². The zero-order valence-corrected chi connectivity index (χ0v) is 11.8. The fraction of sp³-hybridized carbons (Fsp3) is 1.00. The summed E-state index contributed by atoms with van der Waals surface area (Å²) in [6, 6.07) is 0. The van der Waals surface area contributed by atoms with Crippen LogP contribution in [0, 0.1) is 10.8 Å². The van der Waals surface area contributed by atoms with Gasteiger partial charge in [-0.25, -0.2) is 0 Å². The molecule has 0 saturated heterocycles. The lowest BCUT2D eigenvalue weighted by atomic mass is 9.54. The number of ether oxygens (including phenoxy) is 1. The zero-order chi connectivity index (χ0) is 12.7. The molecule has 0 aliphatic heterocycles. The molecule has 100 valence electrons. The second-order valence-electron chi connectivity index (χ2n) is 6.94.